The van der Waals surface area contributed by atoms with Crippen molar-refractivity contribution >= 4 is 6.03 Å². The van der Waals surface area contributed by atoms with Gasteiger partial charge in [-0.2, -0.15) is 5.26 Å². The molecule has 4 nitrogen and oxygen atoms in total. The molecule has 0 unspecified atom stereocenters. The molecule has 1 rings (SSSR count). The molecule has 0 N–H and O–H groups in total. The lowest BCUT2D eigenvalue weighted by atomic mass is 10.3. The van der Waals surface area contributed by atoms with Gasteiger partial charge in [-0.1, -0.05) is 0 Å². The van der Waals surface area contributed by atoms with Crippen LogP contribution >= 0.6 is 0 Å². The first-order valence-electron chi connectivity index (χ1n) is 3.45. The third-order valence-corrected chi connectivity index (χ3v) is 1.66. The van der Waals surface area contributed by atoms with E-state index in [2.05, 4.69) is 0 Å². The van der Waals surface area contributed by atoms with Crippen LogP contribution in [0.5, 0.6) is 0 Å². The number of carbonyl (C=O) groups excluding carboxylic acids is 1. The zero-order valence-corrected chi connectivity index (χ0v) is 6.98. The lowest BCUT2D eigenvalue weighted by Gasteiger charge is -2.26. The maximum absolute atomic E-state index is 11.3. The molecule has 1 aliphatic rings. The van der Waals surface area contributed by atoms with Gasteiger partial charge in [-0.15, -0.1) is 0 Å². The zero-order chi connectivity index (χ0) is 9.14. The van der Waals surface area contributed by atoms with Crippen LogP contribution in [0, 0.1) is 11.3 Å². The quantitative estimate of drug-likeness (QED) is 0.498. The van der Waals surface area contributed by atoms with Crippen LogP contribution in [-0.4, -0.2) is 29.9 Å². The molecule has 0 aliphatic carbocycles. The molecule has 2 amide bonds. The summed E-state index contributed by atoms with van der Waals surface area (Å²) in [6.07, 6.45) is 4.68. The highest BCUT2D eigenvalue weighted by molar-refractivity contribution is 5.79. The van der Waals surface area contributed by atoms with Gasteiger partial charge in [0, 0.05) is 26.4 Å². The first-order chi connectivity index (χ1) is 5.66. The SMILES string of the molecule is CN1C=CC(=CC#N)N(C)C1=O. The van der Waals surface area contributed by atoms with Crippen LogP contribution in [0.15, 0.2) is 24.0 Å². The summed E-state index contributed by atoms with van der Waals surface area (Å²) in [4.78, 5) is 14.1. The van der Waals surface area contributed by atoms with Crippen molar-refractivity contribution in [2.45, 2.75) is 0 Å². The predicted octanol–water partition coefficient (Wildman–Crippen LogP) is 0.905. The Hall–Kier alpha value is -1.76. The number of allylic oxidation sites excluding steroid dienone is 2. The average molecular weight is 163 g/mol. The minimum Gasteiger partial charge on any atom is -0.304 e. The third kappa shape index (κ3) is 1.30. The maximum Gasteiger partial charge on any atom is 0.327 e. The van der Waals surface area contributed by atoms with Gasteiger partial charge in [0.1, 0.15) is 0 Å². The normalized spacial score (nSPS) is 20.1. The minimum atomic E-state index is -0.140. The Morgan fingerprint density at radius 2 is 2.25 bits per heavy atom. The van der Waals surface area contributed by atoms with Crippen LogP contribution in [0.3, 0.4) is 0 Å². The van der Waals surface area contributed by atoms with Gasteiger partial charge < -0.3 is 4.90 Å². The number of hydrogen-bond acceptors (Lipinski definition) is 2. The molecule has 0 saturated heterocycles. The van der Waals surface area contributed by atoms with Crippen molar-refractivity contribution in [3.8, 4) is 6.07 Å². The molecule has 0 atom stereocenters. The summed E-state index contributed by atoms with van der Waals surface area (Å²) < 4.78 is 0. The molecule has 62 valence electrons. The molecule has 0 radical (unpaired) electrons. The van der Waals surface area contributed by atoms with E-state index >= 15 is 0 Å². The highest BCUT2D eigenvalue weighted by atomic mass is 16.2. The molecular weight excluding hydrogens is 154 g/mol. The molecule has 0 saturated carbocycles. The Bertz CT molecular complexity index is 298. The van der Waals surface area contributed by atoms with E-state index < -0.39 is 0 Å². The molecule has 1 aliphatic heterocycles. The van der Waals surface area contributed by atoms with Crippen molar-refractivity contribution in [2.24, 2.45) is 0 Å². The van der Waals surface area contributed by atoms with Crippen molar-refractivity contribution in [1.82, 2.24) is 9.80 Å². The molecule has 0 fully saturated rings. The van der Waals surface area contributed by atoms with Crippen molar-refractivity contribution in [3.05, 3.63) is 24.0 Å². The number of nitrogens with zero attached hydrogens (tertiary/aromatic N) is 3. The third-order valence-electron chi connectivity index (χ3n) is 1.66. The van der Waals surface area contributed by atoms with E-state index in [1.807, 2.05) is 6.07 Å². The lowest BCUT2D eigenvalue weighted by Crippen LogP contribution is -2.37. The zero-order valence-electron chi connectivity index (χ0n) is 6.98. The van der Waals surface area contributed by atoms with Crippen molar-refractivity contribution in [2.75, 3.05) is 14.1 Å². The Kier molecular flexibility index (Phi) is 2.15. The van der Waals surface area contributed by atoms with Crippen molar-refractivity contribution in [3.63, 3.8) is 0 Å². The van der Waals surface area contributed by atoms with E-state index in [-0.39, 0.29) is 6.03 Å². The fourth-order valence-electron chi connectivity index (χ4n) is 0.922. The summed E-state index contributed by atoms with van der Waals surface area (Å²) in [6.45, 7) is 0. The summed E-state index contributed by atoms with van der Waals surface area (Å²) in [5.74, 6) is 0. The summed E-state index contributed by atoms with van der Waals surface area (Å²) >= 11 is 0. The highest BCUT2D eigenvalue weighted by Gasteiger charge is 2.18. The Balaban J connectivity index is 2.98. The largest absolute Gasteiger partial charge is 0.327 e. The smallest absolute Gasteiger partial charge is 0.304 e. The number of rotatable bonds is 0. The molecule has 0 aromatic heterocycles. The fraction of sp³-hybridized carbons (Fsp3) is 0.250. The van der Waals surface area contributed by atoms with Crippen LogP contribution in [0.4, 0.5) is 4.79 Å². The number of carbonyl (C=O) groups is 1. The van der Waals surface area contributed by atoms with Crippen molar-refractivity contribution in [1.29, 1.82) is 5.26 Å². The summed E-state index contributed by atoms with van der Waals surface area (Å²) in [7, 11) is 3.30. The van der Waals surface area contributed by atoms with Gasteiger partial charge in [-0.05, 0) is 6.08 Å². The van der Waals surface area contributed by atoms with Crippen LogP contribution in [0.2, 0.25) is 0 Å². The second-order valence-corrected chi connectivity index (χ2v) is 2.47. The molecule has 12 heavy (non-hydrogen) atoms. The summed E-state index contributed by atoms with van der Waals surface area (Å²) in [5, 5.41) is 8.38. The first-order valence-corrected chi connectivity index (χ1v) is 3.45. The van der Waals surface area contributed by atoms with E-state index in [0.29, 0.717) is 5.70 Å². The topological polar surface area (TPSA) is 47.3 Å². The predicted molar refractivity (Wildman–Crippen MR) is 43.8 cm³/mol. The average Bonchev–Trinajstić information content (AvgIpc) is 2.07. The number of likely N-dealkylation sites (N-methyl/N-ethyl adjacent to an activating group) is 1. The molecular formula is C8H9N3O. The standard InChI is InChI=1S/C8H9N3O/c1-10-6-4-7(3-5-9)11(2)8(10)12/h3-4,6H,1-2H3. The molecule has 1 heterocycles. The number of nitriles is 1. The van der Waals surface area contributed by atoms with Gasteiger partial charge in [-0.25, -0.2) is 4.79 Å². The Labute approximate surface area is 71.0 Å². The molecule has 4 heteroatoms. The van der Waals surface area contributed by atoms with Gasteiger partial charge in [0.25, 0.3) is 0 Å². The van der Waals surface area contributed by atoms with Crippen LogP contribution in [0.25, 0.3) is 0 Å². The first kappa shape index (κ1) is 8.34. The van der Waals surface area contributed by atoms with E-state index in [9.17, 15) is 4.79 Å². The molecule has 0 bridgehead atoms. The van der Waals surface area contributed by atoms with Gasteiger partial charge in [0.15, 0.2) is 0 Å². The van der Waals surface area contributed by atoms with Gasteiger partial charge >= 0.3 is 6.03 Å². The molecule has 0 aromatic rings. The minimum absolute atomic E-state index is 0.140. The maximum atomic E-state index is 11.3. The second kappa shape index (κ2) is 3.09. The number of hydrogen-bond donors (Lipinski definition) is 0. The molecule has 0 aromatic carbocycles. The van der Waals surface area contributed by atoms with Crippen LogP contribution in [0.1, 0.15) is 0 Å². The fourth-order valence-corrected chi connectivity index (χ4v) is 0.922. The monoisotopic (exact) mass is 163 g/mol. The van der Waals surface area contributed by atoms with E-state index in [4.69, 9.17) is 5.26 Å². The Morgan fingerprint density at radius 3 is 2.83 bits per heavy atom. The number of amides is 2. The van der Waals surface area contributed by atoms with E-state index in [1.54, 1.807) is 26.4 Å². The van der Waals surface area contributed by atoms with Crippen LogP contribution < -0.4 is 0 Å². The van der Waals surface area contributed by atoms with Crippen molar-refractivity contribution < 1.29 is 4.79 Å². The van der Waals surface area contributed by atoms with E-state index in [1.165, 1.54) is 15.9 Å². The lowest BCUT2D eigenvalue weighted by molar-refractivity contribution is 0.195. The van der Waals surface area contributed by atoms with E-state index in [0.717, 1.165) is 0 Å². The Morgan fingerprint density at radius 1 is 1.58 bits per heavy atom. The van der Waals surface area contributed by atoms with Gasteiger partial charge in [0.05, 0.1) is 11.8 Å². The molecule has 0 spiro atoms. The van der Waals surface area contributed by atoms with Gasteiger partial charge in [0.2, 0.25) is 0 Å². The van der Waals surface area contributed by atoms with Crippen LogP contribution in [-0.2, 0) is 0 Å². The summed E-state index contributed by atoms with van der Waals surface area (Å²) in [6, 6.07) is 1.74. The highest BCUT2D eigenvalue weighted by Crippen LogP contribution is 2.12. The second-order valence-electron chi connectivity index (χ2n) is 2.47. The number of urea groups is 1. The summed E-state index contributed by atoms with van der Waals surface area (Å²) in [5.41, 5.74) is 0.612. The van der Waals surface area contributed by atoms with Gasteiger partial charge in [-0.3, -0.25) is 4.90 Å².